The van der Waals surface area contributed by atoms with Gasteiger partial charge in [0.25, 0.3) is 0 Å². The van der Waals surface area contributed by atoms with Crippen molar-refractivity contribution in [1.82, 2.24) is 0 Å². The Morgan fingerprint density at radius 2 is 1.60 bits per heavy atom. The first-order valence-corrected chi connectivity index (χ1v) is 5.99. The molecule has 0 spiro atoms. The van der Waals surface area contributed by atoms with E-state index in [9.17, 15) is 0 Å². The van der Waals surface area contributed by atoms with E-state index in [0.717, 1.165) is 9.52 Å². The molecule has 2 radical (unpaired) electrons. The molecule has 0 heterocycles. The molecule has 74 valence electrons. The van der Waals surface area contributed by atoms with Crippen molar-refractivity contribution in [2.24, 2.45) is 5.73 Å². The smallest absolute Gasteiger partial charge is 0.121 e. The summed E-state index contributed by atoms with van der Waals surface area (Å²) >= 11 is 0. The summed E-state index contributed by atoms with van der Waals surface area (Å²) in [5, 5.41) is 2.72. The number of rotatable bonds is 3. The van der Waals surface area contributed by atoms with Crippen LogP contribution < -0.4 is 16.1 Å². The summed E-state index contributed by atoms with van der Waals surface area (Å²) in [6, 6.07) is 19.0. The van der Waals surface area contributed by atoms with Crippen LogP contribution in [0.1, 0.15) is 5.56 Å². The van der Waals surface area contributed by atoms with E-state index in [1.54, 1.807) is 0 Å². The van der Waals surface area contributed by atoms with Gasteiger partial charge in [0.1, 0.15) is 9.52 Å². The monoisotopic (exact) mass is 211 g/mol. The van der Waals surface area contributed by atoms with Gasteiger partial charge >= 0.3 is 0 Å². The van der Waals surface area contributed by atoms with Crippen molar-refractivity contribution in [1.29, 1.82) is 0 Å². The molecule has 0 aliphatic rings. The van der Waals surface area contributed by atoms with Gasteiger partial charge in [0.05, 0.1) is 0 Å². The molecular formula is C13H13NSi. The minimum atomic E-state index is 0.618. The zero-order valence-corrected chi connectivity index (χ0v) is 9.48. The van der Waals surface area contributed by atoms with Crippen LogP contribution in [-0.2, 0) is 6.54 Å². The highest BCUT2D eigenvalue weighted by molar-refractivity contribution is 6.67. The molecule has 1 nitrogen and oxygen atoms in total. The van der Waals surface area contributed by atoms with Gasteiger partial charge in [-0.05, 0) is 5.56 Å². The number of hydrogen-bond acceptors (Lipinski definition) is 1. The van der Waals surface area contributed by atoms with E-state index in [-0.39, 0.29) is 0 Å². The summed E-state index contributed by atoms with van der Waals surface area (Å²) in [6.45, 7) is 0.618. The van der Waals surface area contributed by atoms with Crippen molar-refractivity contribution >= 4 is 19.9 Å². The lowest BCUT2D eigenvalue weighted by atomic mass is 10.2. The van der Waals surface area contributed by atoms with Crippen molar-refractivity contribution in [3.63, 3.8) is 0 Å². The van der Waals surface area contributed by atoms with Gasteiger partial charge in [-0.2, -0.15) is 0 Å². The summed E-state index contributed by atoms with van der Waals surface area (Å²) in [6.07, 6.45) is 0. The number of nitrogens with two attached hydrogens (primary N) is 1. The Morgan fingerprint density at radius 3 is 2.33 bits per heavy atom. The third-order valence-corrected chi connectivity index (χ3v) is 3.45. The van der Waals surface area contributed by atoms with E-state index in [4.69, 9.17) is 5.73 Å². The van der Waals surface area contributed by atoms with Crippen LogP contribution in [0, 0.1) is 0 Å². The normalized spacial score (nSPS) is 10.2. The van der Waals surface area contributed by atoms with Crippen LogP contribution in [0.25, 0.3) is 0 Å². The first-order chi connectivity index (χ1) is 7.38. The van der Waals surface area contributed by atoms with Crippen molar-refractivity contribution < 1.29 is 0 Å². The Bertz CT molecular complexity index is 426. The average Bonchev–Trinajstić information content (AvgIpc) is 2.31. The predicted octanol–water partition coefficient (Wildman–Crippen LogP) is 0.800. The highest BCUT2D eigenvalue weighted by Gasteiger charge is 1.98. The zero-order valence-electron chi connectivity index (χ0n) is 8.48. The third kappa shape index (κ3) is 2.78. The van der Waals surface area contributed by atoms with Crippen LogP contribution in [0.4, 0.5) is 0 Å². The fourth-order valence-corrected chi connectivity index (χ4v) is 2.59. The van der Waals surface area contributed by atoms with Crippen molar-refractivity contribution in [2.45, 2.75) is 6.54 Å². The highest BCUT2D eigenvalue weighted by Crippen LogP contribution is 1.94. The van der Waals surface area contributed by atoms with Crippen molar-refractivity contribution in [3.05, 3.63) is 60.2 Å². The minimum Gasteiger partial charge on any atom is -0.326 e. The quantitative estimate of drug-likeness (QED) is 0.747. The van der Waals surface area contributed by atoms with Crippen molar-refractivity contribution in [2.75, 3.05) is 0 Å². The lowest BCUT2D eigenvalue weighted by Gasteiger charge is -2.02. The molecule has 0 saturated heterocycles. The topological polar surface area (TPSA) is 26.0 Å². The molecule has 2 rings (SSSR count). The summed E-state index contributed by atoms with van der Waals surface area (Å²) in [5.74, 6) is 0. The molecule has 0 bridgehead atoms. The molecule has 0 aliphatic heterocycles. The lowest BCUT2D eigenvalue weighted by Crippen LogP contribution is -2.27. The molecule has 0 aliphatic carbocycles. The second-order valence-corrected chi connectivity index (χ2v) is 4.80. The maximum atomic E-state index is 5.62. The van der Waals surface area contributed by atoms with Gasteiger partial charge in [-0.3, -0.25) is 0 Å². The second-order valence-electron chi connectivity index (χ2n) is 3.40. The van der Waals surface area contributed by atoms with E-state index in [1.807, 2.05) is 6.07 Å². The summed E-state index contributed by atoms with van der Waals surface area (Å²) in [5.41, 5.74) is 6.82. The van der Waals surface area contributed by atoms with Gasteiger partial charge in [0, 0.05) is 6.54 Å². The summed E-state index contributed by atoms with van der Waals surface area (Å²) in [7, 11) is 0.721. The fourth-order valence-electron chi connectivity index (χ4n) is 1.46. The first-order valence-electron chi connectivity index (χ1n) is 4.99. The predicted molar refractivity (Wildman–Crippen MR) is 65.8 cm³/mol. The van der Waals surface area contributed by atoms with Crippen LogP contribution >= 0.6 is 0 Å². The highest BCUT2D eigenvalue weighted by atomic mass is 28.2. The second kappa shape index (κ2) is 4.91. The van der Waals surface area contributed by atoms with Gasteiger partial charge in [-0.15, -0.1) is 0 Å². The third-order valence-electron chi connectivity index (χ3n) is 2.23. The SMILES string of the molecule is NCc1cccc([Si]c2ccccc2)c1. The minimum absolute atomic E-state index is 0.618. The van der Waals surface area contributed by atoms with Crippen LogP contribution in [0.3, 0.4) is 0 Å². The first kappa shape index (κ1) is 10.1. The van der Waals surface area contributed by atoms with Gasteiger partial charge in [-0.1, -0.05) is 65.0 Å². The van der Waals surface area contributed by atoms with E-state index < -0.39 is 0 Å². The molecule has 2 N–H and O–H groups in total. The molecule has 0 saturated carbocycles. The Morgan fingerprint density at radius 1 is 0.867 bits per heavy atom. The Labute approximate surface area is 92.8 Å². The summed E-state index contributed by atoms with van der Waals surface area (Å²) in [4.78, 5) is 0. The van der Waals surface area contributed by atoms with E-state index in [1.165, 1.54) is 15.9 Å². The van der Waals surface area contributed by atoms with Crippen molar-refractivity contribution in [3.8, 4) is 0 Å². The van der Waals surface area contributed by atoms with Crippen LogP contribution in [0.2, 0.25) is 0 Å². The van der Waals surface area contributed by atoms with Crippen LogP contribution in [0.5, 0.6) is 0 Å². The van der Waals surface area contributed by atoms with Gasteiger partial charge < -0.3 is 5.73 Å². The lowest BCUT2D eigenvalue weighted by molar-refractivity contribution is 1.07. The molecule has 2 aromatic rings. The molecule has 2 heteroatoms. The Balaban J connectivity index is 2.17. The Hall–Kier alpha value is -1.38. The van der Waals surface area contributed by atoms with Gasteiger partial charge in [0.2, 0.25) is 0 Å². The summed E-state index contributed by atoms with van der Waals surface area (Å²) < 4.78 is 0. The molecule has 2 aromatic carbocycles. The molecule has 0 fully saturated rings. The largest absolute Gasteiger partial charge is 0.326 e. The maximum absolute atomic E-state index is 5.62. The number of benzene rings is 2. The molecule has 0 amide bonds. The van der Waals surface area contributed by atoms with Gasteiger partial charge in [-0.25, -0.2) is 0 Å². The van der Waals surface area contributed by atoms with E-state index in [0.29, 0.717) is 6.54 Å². The van der Waals surface area contributed by atoms with Crippen LogP contribution in [-0.4, -0.2) is 9.52 Å². The van der Waals surface area contributed by atoms with E-state index >= 15 is 0 Å². The molecule has 0 unspecified atom stereocenters. The molecule has 0 atom stereocenters. The number of hydrogen-bond donors (Lipinski definition) is 1. The van der Waals surface area contributed by atoms with Crippen LogP contribution in [0.15, 0.2) is 54.6 Å². The fraction of sp³-hybridized carbons (Fsp3) is 0.0769. The Kier molecular flexibility index (Phi) is 3.32. The average molecular weight is 211 g/mol. The molecular weight excluding hydrogens is 198 g/mol. The van der Waals surface area contributed by atoms with E-state index in [2.05, 4.69) is 48.5 Å². The zero-order chi connectivity index (χ0) is 10.5. The molecule has 0 aromatic heterocycles. The maximum Gasteiger partial charge on any atom is 0.121 e. The molecule has 15 heavy (non-hydrogen) atoms. The standard InChI is InChI=1S/C13H13NSi/c14-10-11-5-4-8-13(9-11)15-12-6-2-1-3-7-12/h1-9H,10,14H2. The van der Waals surface area contributed by atoms with Gasteiger partial charge in [0.15, 0.2) is 0 Å².